The van der Waals surface area contributed by atoms with Gasteiger partial charge in [-0.25, -0.2) is 8.42 Å². The van der Waals surface area contributed by atoms with Crippen LogP contribution in [0.3, 0.4) is 0 Å². The minimum atomic E-state index is -3.84. The molecule has 28 heavy (non-hydrogen) atoms. The summed E-state index contributed by atoms with van der Waals surface area (Å²) in [6, 6.07) is 9.21. The zero-order chi connectivity index (χ0) is 20.3. The van der Waals surface area contributed by atoms with Crippen molar-refractivity contribution in [1.29, 1.82) is 0 Å². The van der Waals surface area contributed by atoms with E-state index in [1.165, 1.54) is 46.8 Å². The summed E-state index contributed by atoms with van der Waals surface area (Å²) in [5.41, 5.74) is 0.291. The Balaban J connectivity index is 1.82. The van der Waals surface area contributed by atoms with Crippen LogP contribution in [0.1, 0.15) is 10.4 Å². The second-order valence-electron chi connectivity index (χ2n) is 5.92. The summed E-state index contributed by atoms with van der Waals surface area (Å²) in [5.74, 6) is -0.535. The molecular weight excluding hydrogens is 410 g/mol. The molecule has 0 aromatic heterocycles. The zero-order valence-corrected chi connectivity index (χ0v) is 16.1. The van der Waals surface area contributed by atoms with Crippen LogP contribution in [-0.2, 0) is 14.8 Å². The van der Waals surface area contributed by atoms with Gasteiger partial charge in [-0.1, -0.05) is 11.6 Å². The molecule has 1 fully saturated rings. The highest BCUT2D eigenvalue weighted by molar-refractivity contribution is 7.89. The van der Waals surface area contributed by atoms with Crippen LogP contribution in [0.5, 0.6) is 0 Å². The van der Waals surface area contributed by atoms with Crippen LogP contribution in [0.2, 0.25) is 5.02 Å². The highest BCUT2D eigenvalue weighted by Crippen LogP contribution is 2.28. The van der Waals surface area contributed by atoms with E-state index in [4.69, 9.17) is 16.3 Å². The average molecular weight is 426 g/mol. The van der Waals surface area contributed by atoms with Crippen molar-refractivity contribution in [2.45, 2.75) is 4.90 Å². The highest BCUT2D eigenvalue weighted by Gasteiger charge is 2.28. The number of nitrogens with one attached hydrogen (secondary N) is 1. The number of hydrogen-bond donors (Lipinski definition) is 1. The third kappa shape index (κ3) is 4.30. The smallest absolute Gasteiger partial charge is 0.269 e. The quantitative estimate of drug-likeness (QED) is 0.580. The lowest BCUT2D eigenvalue weighted by Crippen LogP contribution is -2.40. The van der Waals surface area contributed by atoms with E-state index in [9.17, 15) is 23.3 Å². The molecule has 0 saturated carbocycles. The molecule has 11 heteroatoms. The Hall–Kier alpha value is -2.53. The molecule has 3 rings (SSSR count). The maximum Gasteiger partial charge on any atom is 0.269 e. The molecule has 1 amide bonds. The molecule has 2 aromatic rings. The van der Waals surface area contributed by atoms with E-state index in [0.29, 0.717) is 13.2 Å². The number of ether oxygens (including phenoxy) is 1. The molecule has 0 aliphatic carbocycles. The highest BCUT2D eigenvalue weighted by atomic mass is 35.5. The number of sulfonamides is 1. The first kappa shape index (κ1) is 20.2. The fraction of sp³-hybridized carbons (Fsp3) is 0.235. The molecule has 9 nitrogen and oxygen atoms in total. The van der Waals surface area contributed by atoms with Gasteiger partial charge in [-0.2, -0.15) is 4.31 Å². The lowest BCUT2D eigenvalue weighted by Gasteiger charge is -2.26. The third-order valence-corrected chi connectivity index (χ3v) is 6.50. The summed E-state index contributed by atoms with van der Waals surface area (Å²) in [4.78, 5) is 22.4. The Labute approximate surface area is 166 Å². The lowest BCUT2D eigenvalue weighted by molar-refractivity contribution is -0.384. The first-order chi connectivity index (χ1) is 13.3. The number of non-ortho nitro benzene ring substituents is 1. The van der Waals surface area contributed by atoms with E-state index < -0.39 is 20.9 Å². The largest absolute Gasteiger partial charge is 0.379 e. The van der Waals surface area contributed by atoms with Crippen molar-refractivity contribution in [3.8, 4) is 0 Å². The number of carbonyl (C=O) groups is 1. The Kier molecular flexibility index (Phi) is 5.94. The van der Waals surface area contributed by atoms with E-state index in [1.807, 2.05) is 0 Å². The van der Waals surface area contributed by atoms with Crippen LogP contribution in [-0.4, -0.2) is 49.9 Å². The number of nitro benzene ring substituents is 1. The molecular formula is C17H16ClN3O6S. The number of anilines is 1. The summed E-state index contributed by atoms with van der Waals surface area (Å²) in [6.07, 6.45) is 0. The van der Waals surface area contributed by atoms with Gasteiger partial charge in [0.1, 0.15) is 4.90 Å². The van der Waals surface area contributed by atoms with Gasteiger partial charge in [0.2, 0.25) is 10.0 Å². The zero-order valence-electron chi connectivity index (χ0n) is 14.5. The predicted octanol–water partition coefficient (Wildman–Crippen LogP) is 2.52. The molecule has 0 bridgehead atoms. The number of morpholine rings is 1. The number of hydrogen-bond acceptors (Lipinski definition) is 6. The van der Waals surface area contributed by atoms with Crippen molar-refractivity contribution in [2.24, 2.45) is 0 Å². The maximum atomic E-state index is 12.8. The summed E-state index contributed by atoms with van der Waals surface area (Å²) >= 11 is 6.09. The van der Waals surface area contributed by atoms with Crippen molar-refractivity contribution < 1.29 is 22.9 Å². The molecule has 1 aliphatic heterocycles. The Morgan fingerprint density at radius 1 is 1.14 bits per heavy atom. The molecule has 1 heterocycles. The third-order valence-electron chi connectivity index (χ3n) is 4.12. The van der Waals surface area contributed by atoms with Crippen molar-refractivity contribution >= 4 is 38.9 Å². The van der Waals surface area contributed by atoms with Gasteiger partial charge >= 0.3 is 0 Å². The summed E-state index contributed by atoms with van der Waals surface area (Å²) < 4.78 is 32.1. The molecule has 1 aliphatic rings. The molecule has 0 unspecified atom stereocenters. The molecule has 1 saturated heterocycles. The summed E-state index contributed by atoms with van der Waals surface area (Å²) in [6.45, 7) is 1.04. The first-order valence-corrected chi connectivity index (χ1v) is 10.0. The Morgan fingerprint density at radius 3 is 2.39 bits per heavy atom. The summed E-state index contributed by atoms with van der Waals surface area (Å²) in [7, 11) is -3.84. The standard InChI is InChI=1S/C17H16ClN3O6S/c18-15-6-3-13(11-16(15)28(25,26)20-7-9-27-10-8-20)19-17(22)12-1-4-14(5-2-12)21(23)24/h1-6,11H,7-10H2,(H,19,22). The fourth-order valence-corrected chi connectivity index (χ4v) is 4.55. The average Bonchev–Trinajstić information content (AvgIpc) is 2.70. The van der Waals surface area contributed by atoms with Crippen molar-refractivity contribution in [3.05, 3.63) is 63.2 Å². The molecule has 0 radical (unpaired) electrons. The van der Waals surface area contributed by atoms with E-state index in [2.05, 4.69) is 5.32 Å². The number of benzene rings is 2. The van der Waals surface area contributed by atoms with Crippen LogP contribution in [0, 0.1) is 10.1 Å². The van der Waals surface area contributed by atoms with Gasteiger partial charge in [-0.3, -0.25) is 14.9 Å². The topological polar surface area (TPSA) is 119 Å². The number of halogens is 1. The summed E-state index contributed by atoms with van der Waals surface area (Å²) in [5, 5.41) is 13.3. The van der Waals surface area contributed by atoms with Crippen LogP contribution in [0.25, 0.3) is 0 Å². The monoisotopic (exact) mass is 425 g/mol. The van der Waals surface area contributed by atoms with Crippen LogP contribution < -0.4 is 5.32 Å². The second kappa shape index (κ2) is 8.23. The second-order valence-corrected chi connectivity index (χ2v) is 8.23. The van der Waals surface area contributed by atoms with Crippen LogP contribution in [0.4, 0.5) is 11.4 Å². The maximum absolute atomic E-state index is 12.8. The fourth-order valence-electron chi connectivity index (χ4n) is 2.64. The van der Waals surface area contributed by atoms with Gasteiger partial charge in [0.25, 0.3) is 11.6 Å². The van der Waals surface area contributed by atoms with Gasteiger partial charge in [0.05, 0.1) is 23.2 Å². The van der Waals surface area contributed by atoms with E-state index in [0.717, 1.165) is 0 Å². The van der Waals surface area contributed by atoms with Crippen LogP contribution in [0.15, 0.2) is 47.4 Å². The van der Waals surface area contributed by atoms with Gasteiger partial charge < -0.3 is 10.1 Å². The van der Waals surface area contributed by atoms with Crippen molar-refractivity contribution in [3.63, 3.8) is 0 Å². The number of nitrogens with zero attached hydrogens (tertiary/aromatic N) is 2. The molecule has 1 N–H and O–H groups in total. The van der Waals surface area contributed by atoms with E-state index in [-0.39, 0.29) is 39.9 Å². The van der Waals surface area contributed by atoms with Gasteiger partial charge in [0.15, 0.2) is 0 Å². The minimum absolute atomic E-state index is 0.0415. The van der Waals surface area contributed by atoms with Gasteiger partial charge in [0, 0.05) is 36.5 Å². The molecule has 2 aromatic carbocycles. The van der Waals surface area contributed by atoms with Gasteiger partial charge in [-0.15, -0.1) is 0 Å². The number of amides is 1. The lowest BCUT2D eigenvalue weighted by atomic mass is 10.2. The van der Waals surface area contributed by atoms with Crippen LogP contribution >= 0.6 is 11.6 Å². The first-order valence-electron chi connectivity index (χ1n) is 8.22. The molecule has 0 spiro atoms. The van der Waals surface area contributed by atoms with Gasteiger partial charge in [-0.05, 0) is 30.3 Å². The number of carbonyl (C=O) groups excluding carboxylic acids is 1. The normalized spacial score (nSPS) is 15.2. The molecule has 0 atom stereocenters. The van der Waals surface area contributed by atoms with Crippen molar-refractivity contribution in [2.75, 3.05) is 31.6 Å². The van der Waals surface area contributed by atoms with E-state index >= 15 is 0 Å². The minimum Gasteiger partial charge on any atom is -0.379 e. The molecule has 148 valence electrons. The number of rotatable bonds is 5. The predicted molar refractivity (Wildman–Crippen MR) is 102 cm³/mol. The van der Waals surface area contributed by atoms with Crippen molar-refractivity contribution in [1.82, 2.24) is 4.31 Å². The SMILES string of the molecule is O=C(Nc1ccc(Cl)c(S(=O)(=O)N2CCOCC2)c1)c1ccc([N+](=O)[O-])cc1. The number of nitro groups is 1. The Bertz CT molecular complexity index is 1000. The Morgan fingerprint density at radius 2 is 1.79 bits per heavy atom. The van der Waals surface area contributed by atoms with E-state index in [1.54, 1.807) is 0 Å².